The molecule has 0 heterocycles. The van der Waals surface area contributed by atoms with Crippen molar-refractivity contribution in [2.24, 2.45) is 0 Å². The van der Waals surface area contributed by atoms with Crippen LogP contribution in [-0.2, 0) is 0 Å². The number of alkyl halides is 1. The van der Waals surface area contributed by atoms with Gasteiger partial charge in [0, 0.05) is 3.92 Å². The first kappa shape index (κ1) is 7.73. The van der Waals surface area contributed by atoms with E-state index in [-0.39, 0.29) is 0 Å². The number of hydrogen-bond donors (Lipinski definition) is 0. The normalized spacial score (nSPS) is 14.1. The maximum absolute atomic E-state index is 3.77. The lowest BCUT2D eigenvalue weighted by Gasteiger charge is -2.00. The highest BCUT2D eigenvalue weighted by Crippen LogP contribution is 2.10. The van der Waals surface area contributed by atoms with Gasteiger partial charge in [-0.3, -0.25) is 0 Å². The lowest BCUT2D eigenvalue weighted by Crippen LogP contribution is -1.91. The third-order valence-electron chi connectivity index (χ3n) is 0.960. The van der Waals surface area contributed by atoms with Crippen LogP contribution in [0.5, 0.6) is 0 Å². The van der Waals surface area contributed by atoms with Gasteiger partial charge in [-0.2, -0.15) is 0 Å². The molecule has 0 fully saturated rings. The van der Waals surface area contributed by atoms with Crippen molar-refractivity contribution in [2.75, 3.05) is 0 Å². The standard InChI is InChI=1S/C6H12I/c1-3-5-6(7)4-2/h6H,1,3-5H2,2H3. The first-order valence-corrected chi connectivity index (χ1v) is 3.99. The smallest absolute Gasteiger partial charge is 0.0107 e. The van der Waals surface area contributed by atoms with E-state index in [0.29, 0.717) is 0 Å². The maximum Gasteiger partial charge on any atom is 0.0107 e. The van der Waals surface area contributed by atoms with E-state index in [1.54, 1.807) is 0 Å². The summed E-state index contributed by atoms with van der Waals surface area (Å²) < 4.78 is 0.857. The van der Waals surface area contributed by atoms with Crippen LogP contribution in [0.1, 0.15) is 26.2 Å². The molecule has 1 heteroatoms. The molecule has 0 saturated heterocycles. The van der Waals surface area contributed by atoms with Crippen LogP contribution in [-0.4, -0.2) is 3.92 Å². The Morgan fingerprint density at radius 3 is 2.43 bits per heavy atom. The monoisotopic (exact) mass is 211 g/mol. The molecule has 0 spiro atoms. The summed E-state index contributed by atoms with van der Waals surface area (Å²) in [4.78, 5) is 0. The Balaban J connectivity index is 2.83. The fraction of sp³-hybridized carbons (Fsp3) is 0.833. The quantitative estimate of drug-likeness (QED) is 0.497. The van der Waals surface area contributed by atoms with Crippen LogP contribution in [0.15, 0.2) is 0 Å². The molecular formula is C6H12I. The Morgan fingerprint density at radius 2 is 2.29 bits per heavy atom. The van der Waals surface area contributed by atoms with Crippen LogP contribution < -0.4 is 0 Å². The largest absolute Gasteiger partial charge is 0.0826 e. The summed E-state index contributed by atoms with van der Waals surface area (Å²) in [5.41, 5.74) is 0. The summed E-state index contributed by atoms with van der Waals surface area (Å²) in [5.74, 6) is 0. The van der Waals surface area contributed by atoms with E-state index in [4.69, 9.17) is 0 Å². The molecule has 0 aromatic carbocycles. The summed E-state index contributed by atoms with van der Waals surface area (Å²) in [7, 11) is 0. The van der Waals surface area contributed by atoms with Crippen LogP contribution in [0.3, 0.4) is 0 Å². The zero-order valence-corrected chi connectivity index (χ0v) is 6.94. The van der Waals surface area contributed by atoms with Crippen molar-refractivity contribution in [3.8, 4) is 0 Å². The average molecular weight is 211 g/mol. The molecule has 0 rings (SSSR count). The molecule has 0 aliphatic heterocycles. The van der Waals surface area contributed by atoms with Crippen molar-refractivity contribution in [1.29, 1.82) is 0 Å². The third-order valence-corrected chi connectivity index (χ3v) is 2.46. The van der Waals surface area contributed by atoms with Crippen LogP contribution in [0.25, 0.3) is 0 Å². The second kappa shape index (κ2) is 4.88. The summed E-state index contributed by atoms with van der Waals surface area (Å²) in [6.07, 6.45) is 3.65. The number of hydrogen-bond acceptors (Lipinski definition) is 0. The van der Waals surface area contributed by atoms with E-state index in [1.165, 1.54) is 12.8 Å². The minimum atomic E-state index is 0.857. The fourth-order valence-electron chi connectivity index (χ4n) is 0.426. The van der Waals surface area contributed by atoms with E-state index in [9.17, 15) is 0 Å². The van der Waals surface area contributed by atoms with Crippen LogP contribution >= 0.6 is 22.6 Å². The van der Waals surface area contributed by atoms with E-state index in [0.717, 1.165) is 10.3 Å². The predicted molar refractivity (Wildman–Crippen MR) is 42.7 cm³/mol. The van der Waals surface area contributed by atoms with Crippen molar-refractivity contribution in [3.63, 3.8) is 0 Å². The molecule has 0 N–H and O–H groups in total. The maximum atomic E-state index is 3.77. The predicted octanol–water partition coefficient (Wildman–Crippen LogP) is 2.81. The van der Waals surface area contributed by atoms with Gasteiger partial charge in [-0.15, -0.1) is 0 Å². The highest BCUT2D eigenvalue weighted by atomic mass is 127. The van der Waals surface area contributed by atoms with Gasteiger partial charge in [-0.05, 0) is 12.8 Å². The molecule has 1 radical (unpaired) electrons. The summed E-state index contributed by atoms with van der Waals surface area (Å²) >= 11 is 2.47. The Kier molecular flexibility index (Phi) is 5.39. The molecule has 0 aromatic heterocycles. The highest BCUT2D eigenvalue weighted by molar-refractivity contribution is 14.1. The van der Waals surface area contributed by atoms with Crippen LogP contribution in [0.2, 0.25) is 0 Å². The zero-order chi connectivity index (χ0) is 5.70. The molecule has 0 aromatic rings. The van der Waals surface area contributed by atoms with Gasteiger partial charge in [0.2, 0.25) is 0 Å². The minimum Gasteiger partial charge on any atom is -0.0826 e. The van der Waals surface area contributed by atoms with Gasteiger partial charge in [-0.1, -0.05) is 42.9 Å². The van der Waals surface area contributed by atoms with Crippen LogP contribution in [0, 0.1) is 6.92 Å². The fourth-order valence-corrected chi connectivity index (χ4v) is 0.866. The van der Waals surface area contributed by atoms with E-state index >= 15 is 0 Å². The second-order valence-corrected chi connectivity index (χ2v) is 3.41. The minimum absolute atomic E-state index is 0.857. The van der Waals surface area contributed by atoms with Gasteiger partial charge in [0.05, 0.1) is 0 Å². The van der Waals surface area contributed by atoms with Crippen molar-refractivity contribution in [2.45, 2.75) is 30.1 Å². The average Bonchev–Trinajstić information content (AvgIpc) is 1.68. The number of rotatable bonds is 3. The Morgan fingerprint density at radius 1 is 1.71 bits per heavy atom. The highest BCUT2D eigenvalue weighted by Gasteiger charge is 1.94. The van der Waals surface area contributed by atoms with Gasteiger partial charge in [0.15, 0.2) is 0 Å². The van der Waals surface area contributed by atoms with Gasteiger partial charge in [0.1, 0.15) is 0 Å². The Labute approximate surface area is 59.8 Å². The van der Waals surface area contributed by atoms with Crippen molar-refractivity contribution < 1.29 is 0 Å². The molecule has 0 saturated carbocycles. The lowest BCUT2D eigenvalue weighted by molar-refractivity contribution is 0.771. The van der Waals surface area contributed by atoms with Gasteiger partial charge < -0.3 is 0 Å². The van der Waals surface area contributed by atoms with Gasteiger partial charge in [-0.25, -0.2) is 0 Å². The second-order valence-electron chi connectivity index (χ2n) is 1.65. The van der Waals surface area contributed by atoms with Crippen molar-refractivity contribution >= 4 is 22.6 Å². The molecule has 7 heavy (non-hydrogen) atoms. The van der Waals surface area contributed by atoms with Crippen molar-refractivity contribution in [1.82, 2.24) is 0 Å². The van der Waals surface area contributed by atoms with Gasteiger partial charge in [0.25, 0.3) is 0 Å². The van der Waals surface area contributed by atoms with Crippen LogP contribution in [0.4, 0.5) is 0 Å². The summed E-state index contributed by atoms with van der Waals surface area (Å²) in [6.45, 7) is 5.98. The molecule has 0 aliphatic carbocycles. The van der Waals surface area contributed by atoms with E-state index in [1.807, 2.05) is 0 Å². The first-order valence-electron chi connectivity index (χ1n) is 2.74. The molecule has 43 valence electrons. The topological polar surface area (TPSA) is 0 Å². The molecule has 0 bridgehead atoms. The SMILES string of the molecule is [CH2]CCC(I)CC. The lowest BCUT2D eigenvalue weighted by atomic mass is 10.2. The summed E-state index contributed by atoms with van der Waals surface area (Å²) in [6, 6.07) is 0. The molecule has 1 unspecified atom stereocenters. The zero-order valence-electron chi connectivity index (χ0n) is 4.78. The Hall–Kier alpha value is 0.730. The summed E-state index contributed by atoms with van der Waals surface area (Å²) in [5, 5.41) is 0. The van der Waals surface area contributed by atoms with Crippen molar-refractivity contribution in [3.05, 3.63) is 6.92 Å². The third kappa shape index (κ3) is 4.59. The molecule has 0 amide bonds. The van der Waals surface area contributed by atoms with E-state index in [2.05, 4.69) is 36.4 Å². The first-order chi connectivity index (χ1) is 3.31. The molecule has 1 atom stereocenters. The Bertz CT molecular complexity index is 35.2. The molecule has 0 nitrogen and oxygen atoms in total. The van der Waals surface area contributed by atoms with E-state index < -0.39 is 0 Å². The molecule has 0 aliphatic rings. The number of halogens is 1. The van der Waals surface area contributed by atoms with Gasteiger partial charge >= 0.3 is 0 Å². The molecular weight excluding hydrogens is 199 g/mol.